The Morgan fingerprint density at radius 1 is 1.44 bits per heavy atom. The van der Waals surface area contributed by atoms with Gasteiger partial charge in [-0.05, 0) is 40.8 Å². The molecule has 18 heavy (non-hydrogen) atoms. The number of rotatable bonds is 6. The summed E-state index contributed by atoms with van der Waals surface area (Å²) in [6, 6.07) is 2.15. The Balaban J connectivity index is 2.83. The SMILES string of the molecule is C=CCN(Cc1cc(CNC)oc1C)C(C)(C)C. The molecule has 3 heteroatoms. The van der Waals surface area contributed by atoms with Crippen molar-refractivity contribution in [3.05, 3.63) is 35.8 Å². The van der Waals surface area contributed by atoms with Crippen molar-refractivity contribution in [3.63, 3.8) is 0 Å². The zero-order chi connectivity index (χ0) is 13.8. The maximum atomic E-state index is 5.73. The molecule has 0 aromatic carbocycles. The van der Waals surface area contributed by atoms with Crippen LogP contribution in [0, 0.1) is 6.92 Å². The first-order valence-corrected chi connectivity index (χ1v) is 6.47. The van der Waals surface area contributed by atoms with E-state index in [2.05, 4.69) is 43.6 Å². The summed E-state index contributed by atoms with van der Waals surface area (Å²) in [5, 5.41) is 3.11. The van der Waals surface area contributed by atoms with Crippen LogP contribution in [0.5, 0.6) is 0 Å². The van der Waals surface area contributed by atoms with Crippen molar-refractivity contribution < 1.29 is 4.42 Å². The molecule has 1 rings (SSSR count). The van der Waals surface area contributed by atoms with Gasteiger partial charge in [-0.25, -0.2) is 0 Å². The van der Waals surface area contributed by atoms with Crippen molar-refractivity contribution >= 4 is 0 Å². The molecule has 0 spiro atoms. The quantitative estimate of drug-likeness (QED) is 0.786. The smallest absolute Gasteiger partial charge is 0.118 e. The Kier molecular flexibility index (Phi) is 5.17. The Bertz CT molecular complexity index is 388. The molecule has 0 atom stereocenters. The lowest BCUT2D eigenvalue weighted by molar-refractivity contribution is 0.144. The standard InChI is InChI=1S/C15H26N2O/c1-7-8-17(15(3,4)5)11-13-9-14(10-16-6)18-12(13)2/h7,9,16H,1,8,10-11H2,2-6H3. The van der Waals surface area contributed by atoms with E-state index in [0.717, 1.165) is 31.2 Å². The minimum atomic E-state index is 0.126. The molecule has 0 bridgehead atoms. The highest BCUT2D eigenvalue weighted by atomic mass is 16.3. The van der Waals surface area contributed by atoms with E-state index < -0.39 is 0 Å². The van der Waals surface area contributed by atoms with Gasteiger partial charge in [-0.15, -0.1) is 6.58 Å². The summed E-state index contributed by atoms with van der Waals surface area (Å²) < 4.78 is 5.73. The monoisotopic (exact) mass is 250 g/mol. The highest BCUT2D eigenvalue weighted by Gasteiger charge is 2.21. The van der Waals surface area contributed by atoms with Crippen LogP contribution in [0.25, 0.3) is 0 Å². The molecular formula is C15H26N2O. The topological polar surface area (TPSA) is 28.4 Å². The van der Waals surface area contributed by atoms with Gasteiger partial charge in [0.05, 0.1) is 6.54 Å². The van der Waals surface area contributed by atoms with E-state index in [1.165, 1.54) is 5.56 Å². The van der Waals surface area contributed by atoms with E-state index in [-0.39, 0.29) is 5.54 Å². The first-order valence-electron chi connectivity index (χ1n) is 6.47. The van der Waals surface area contributed by atoms with Crippen molar-refractivity contribution in [3.8, 4) is 0 Å². The van der Waals surface area contributed by atoms with Crippen LogP contribution >= 0.6 is 0 Å². The fraction of sp³-hybridized carbons (Fsp3) is 0.600. The number of nitrogens with one attached hydrogen (secondary N) is 1. The molecule has 1 heterocycles. The Morgan fingerprint density at radius 2 is 2.11 bits per heavy atom. The Labute approximate surface area is 111 Å². The van der Waals surface area contributed by atoms with Crippen molar-refractivity contribution in [2.75, 3.05) is 13.6 Å². The van der Waals surface area contributed by atoms with Crippen LogP contribution in [0.2, 0.25) is 0 Å². The first-order chi connectivity index (χ1) is 8.38. The molecular weight excluding hydrogens is 224 g/mol. The lowest BCUT2D eigenvalue weighted by Gasteiger charge is -2.34. The normalized spacial score (nSPS) is 12.1. The molecule has 0 saturated carbocycles. The van der Waals surface area contributed by atoms with Crippen molar-refractivity contribution in [2.45, 2.75) is 46.3 Å². The number of nitrogens with zero attached hydrogens (tertiary/aromatic N) is 1. The van der Waals surface area contributed by atoms with Crippen molar-refractivity contribution in [1.82, 2.24) is 10.2 Å². The van der Waals surface area contributed by atoms with Crippen LogP contribution < -0.4 is 5.32 Å². The minimum absolute atomic E-state index is 0.126. The maximum absolute atomic E-state index is 5.73. The van der Waals surface area contributed by atoms with Gasteiger partial charge in [0.1, 0.15) is 11.5 Å². The highest BCUT2D eigenvalue weighted by molar-refractivity contribution is 5.21. The lowest BCUT2D eigenvalue weighted by atomic mass is 10.0. The third kappa shape index (κ3) is 4.00. The fourth-order valence-electron chi connectivity index (χ4n) is 1.94. The molecule has 3 nitrogen and oxygen atoms in total. The summed E-state index contributed by atoms with van der Waals surface area (Å²) in [4.78, 5) is 2.39. The second-order valence-electron chi connectivity index (χ2n) is 5.66. The largest absolute Gasteiger partial charge is 0.465 e. The van der Waals surface area contributed by atoms with Gasteiger partial charge < -0.3 is 9.73 Å². The van der Waals surface area contributed by atoms with Gasteiger partial charge in [-0.3, -0.25) is 4.90 Å². The molecule has 0 fully saturated rings. The Hall–Kier alpha value is -1.06. The summed E-state index contributed by atoms with van der Waals surface area (Å²) in [6.45, 7) is 15.1. The predicted molar refractivity (Wildman–Crippen MR) is 76.6 cm³/mol. The molecule has 0 radical (unpaired) electrons. The molecule has 0 aliphatic rings. The average Bonchev–Trinajstić information content (AvgIpc) is 2.58. The average molecular weight is 250 g/mol. The molecule has 1 aromatic rings. The van der Waals surface area contributed by atoms with E-state index in [0.29, 0.717) is 0 Å². The number of hydrogen-bond acceptors (Lipinski definition) is 3. The van der Waals surface area contributed by atoms with Crippen LogP contribution in [0.1, 0.15) is 37.9 Å². The van der Waals surface area contributed by atoms with Gasteiger partial charge in [0.2, 0.25) is 0 Å². The number of hydrogen-bond donors (Lipinski definition) is 1. The molecule has 0 unspecified atom stereocenters. The molecule has 0 saturated heterocycles. The minimum Gasteiger partial charge on any atom is -0.465 e. The van der Waals surface area contributed by atoms with Gasteiger partial charge in [0, 0.05) is 24.2 Å². The van der Waals surface area contributed by atoms with Gasteiger partial charge >= 0.3 is 0 Å². The second-order valence-corrected chi connectivity index (χ2v) is 5.66. The summed E-state index contributed by atoms with van der Waals surface area (Å²) in [6.07, 6.45) is 1.95. The van der Waals surface area contributed by atoms with Crippen molar-refractivity contribution in [2.24, 2.45) is 0 Å². The van der Waals surface area contributed by atoms with Crippen LogP contribution in [-0.4, -0.2) is 24.0 Å². The number of aryl methyl sites for hydroxylation is 1. The zero-order valence-electron chi connectivity index (χ0n) is 12.3. The van der Waals surface area contributed by atoms with E-state index in [1.54, 1.807) is 0 Å². The summed E-state index contributed by atoms with van der Waals surface area (Å²) in [7, 11) is 1.93. The lowest BCUT2D eigenvalue weighted by Crippen LogP contribution is -2.40. The van der Waals surface area contributed by atoms with E-state index >= 15 is 0 Å². The number of furan rings is 1. The van der Waals surface area contributed by atoms with Crippen LogP contribution in [0.4, 0.5) is 0 Å². The molecule has 0 amide bonds. The van der Waals surface area contributed by atoms with Crippen LogP contribution in [0.3, 0.4) is 0 Å². The van der Waals surface area contributed by atoms with Gasteiger partial charge in [-0.1, -0.05) is 6.08 Å². The fourth-order valence-corrected chi connectivity index (χ4v) is 1.94. The molecule has 0 aliphatic heterocycles. The third-order valence-corrected chi connectivity index (χ3v) is 3.08. The molecule has 1 N–H and O–H groups in total. The molecule has 0 aliphatic carbocycles. The maximum Gasteiger partial charge on any atom is 0.118 e. The highest BCUT2D eigenvalue weighted by Crippen LogP contribution is 2.21. The second kappa shape index (κ2) is 6.21. The van der Waals surface area contributed by atoms with E-state index in [4.69, 9.17) is 4.42 Å². The summed E-state index contributed by atoms with van der Waals surface area (Å²) in [5.41, 5.74) is 1.39. The zero-order valence-corrected chi connectivity index (χ0v) is 12.3. The third-order valence-electron chi connectivity index (χ3n) is 3.08. The van der Waals surface area contributed by atoms with Crippen molar-refractivity contribution in [1.29, 1.82) is 0 Å². The summed E-state index contributed by atoms with van der Waals surface area (Å²) >= 11 is 0. The molecule has 1 aromatic heterocycles. The van der Waals surface area contributed by atoms with Crippen LogP contribution in [-0.2, 0) is 13.1 Å². The summed E-state index contributed by atoms with van der Waals surface area (Å²) in [5.74, 6) is 2.01. The van der Waals surface area contributed by atoms with Gasteiger partial charge in [0.25, 0.3) is 0 Å². The van der Waals surface area contributed by atoms with Crippen LogP contribution in [0.15, 0.2) is 23.1 Å². The predicted octanol–water partition coefficient (Wildman–Crippen LogP) is 3.09. The van der Waals surface area contributed by atoms with Gasteiger partial charge in [-0.2, -0.15) is 0 Å². The van der Waals surface area contributed by atoms with Gasteiger partial charge in [0.15, 0.2) is 0 Å². The Morgan fingerprint density at radius 3 is 2.61 bits per heavy atom. The molecule has 102 valence electrons. The first kappa shape index (κ1) is 15.0. The van der Waals surface area contributed by atoms with E-state index in [1.807, 2.05) is 20.0 Å². The van der Waals surface area contributed by atoms with E-state index in [9.17, 15) is 0 Å².